The van der Waals surface area contributed by atoms with E-state index in [0.717, 1.165) is 0 Å². The van der Waals surface area contributed by atoms with Crippen LogP contribution in [0.2, 0.25) is 15.1 Å². The first-order valence-electron chi connectivity index (χ1n) is 11.5. The number of hydrogen-bond acceptors (Lipinski definition) is 4. The van der Waals surface area contributed by atoms with Gasteiger partial charge in [-0.15, -0.1) is 0 Å². The summed E-state index contributed by atoms with van der Waals surface area (Å²) in [6.07, 6.45) is -3.34. The van der Waals surface area contributed by atoms with Gasteiger partial charge in [-0.1, -0.05) is 47.8 Å². The van der Waals surface area contributed by atoms with Crippen LogP contribution in [-0.4, -0.2) is 34.7 Å². The lowest BCUT2D eigenvalue weighted by atomic mass is 9.97. The molecular weight excluding hydrogens is 538 g/mol. The van der Waals surface area contributed by atoms with Gasteiger partial charge >= 0.3 is 6.18 Å². The second-order valence-corrected chi connectivity index (χ2v) is 9.96. The molecular formula is C24H25Cl3F3N5O. The lowest BCUT2D eigenvalue weighted by Gasteiger charge is -2.35. The molecule has 0 radical (unpaired) electrons. The summed E-state index contributed by atoms with van der Waals surface area (Å²) in [6, 6.07) is 6.82. The number of piperidine rings is 1. The Balaban J connectivity index is 1.64. The molecule has 36 heavy (non-hydrogen) atoms. The minimum Gasteiger partial charge on any atom is -0.370 e. The summed E-state index contributed by atoms with van der Waals surface area (Å²) >= 11 is 19.5. The van der Waals surface area contributed by atoms with E-state index in [9.17, 15) is 18.0 Å². The average Bonchev–Trinajstić information content (AvgIpc) is 3.13. The number of halogens is 6. The first-order chi connectivity index (χ1) is 17.0. The molecule has 0 saturated carbocycles. The predicted octanol–water partition coefficient (Wildman–Crippen LogP) is 7.08. The third-order valence-electron chi connectivity index (χ3n) is 6.38. The Morgan fingerprint density at radius 2 is 1.94 bits per heavy atom. The summed E-state index contributed by atoms with van der Waals surface area (Å²) in [5, 5.41) is 6.98. The second kappa shape index (κ2) is 10.6. The molecule has 2 heterocycles. The van der Waals surface area contributed by atoms with Crippen molar-refractivity contribution in [2.45, 2.75) is 38.9 Å². The van der Waals surface area contributed by atoms with Gasteiger partial charge in [-0.3, -0.25) is 4.79 Å². The van der Waals surface area contributed by atoms with Gasteiger partial charge in [0.25, 0.3) is 0 Å². The van der Waals surface area contributed by atoms with Gasteiger partial charge in [0.1, 0.15) is 0 Å². The Morgan fingerprint density at radius 3 is 2.64 bits per heavy atom. The number of imidazole rings is 1. The molecule has 0 bridgehead atoms. The van der Waals surface area contributed by atoms with E-state index in [2.05, 4.69) is 15.6 Å². The molecule has 1 amide bonds. The highest BCUT2D eigenvalue weighted by atomic mass is 35.5. The van der Waals surface area contributed by atoms with Crippen LogP contribution in [0.1, 0.15) is 31.7 Å². The maximum Gasteiger partial charge on any atom is 0.393 e. The molecule has 4 rings (SSSR count). The number of nitrogens with zero attached hydrogens (tertiary/aromatic N) is 3. The highest BCUT2D eigenvalue weighted by Crippen LogP contribution is 2.40. The Labute approximate surface area is 221 Å². The SMILES string of the molecule is CCC(=O)NCc1ccc(Cl)c(Nc2nc3cc(Cl)c(N4CCCC(C(F)(F)F)C4)cc3n2C)c1Cl. The first-order valence-corrected chi connectivity index (χ1v) is 12.6. The molecule has 1 aromatic heterocycles. The van der Waals surface area contributed by atoms with Gasteiger partial charge in [0.2, 0.25) is 11.9 Å². The van der Waals surface area contributed by atoms with Gasteiger partial charge < -0.3 is 20.1 Å². The van der Waals surface area contributed by atoms with Crippen molar-refractivity contribution >= 4 is 69.1 Å². The number of amides is 1. The monoisotopic (exact) mass is 561 g/mol. The molecule has 2 aromatic carbocycles. The van der Waals surface area contributed by atoms with E-state index in [-0.39, 0.29) is 25.4 Å². The van der Waals surface area contributed by atoms with Crippen LogP contribution in [0.25, 0.3) is 11.0 Å². The van der Waals surface area contributed by atoms with Gasteiger partial charge in [-0.2, -0.15) is 13.2 Å². The molecule has 1 fully saturated rings. The molecule has 6 nitrogen and oxygen atoms in total. The minimum atomic E-state index is -4.24. The number of nitrogens with one attached hydrogen (secondary N) is 2. The van der Waals surface area contributed by atoms with Crippen LogP contribution >= 0.6 is 34.8 Å². The third-order valence-corrected chi connectivity index (χ3v) is 7.43. The van der Waals surface area contributed by atoms with Crippen LogP contribution in [0.4, 0.5) is 30.5 Å². The van der Waals surface area contributed by atoms with Crippen LogP contribution in [0.15, 0.2) is 24.3 Å². The summed E-state index contributed by atoms with van der Waals surface area (Å²) in [4.78, 5) is 17.9. The van der Waals surface area contributed by atoms with Crippen LogP contribution in [0.3, 0.4) is 0 Å². The minimum absolute atomic E-state index is 0.103. The maximum atomic E-state index is 13.3. The van der Waals surface area contributed by atoms with Crippen LogP contribution in [-0.2, 0) is 18.4 Å². The normalized spacial score (nSPS) is 16.4. The molecule has 0 aliphatic carbocycles. The van der Waals surface area contributed by atoms with Crippen molar-refractivity contribution in [2.75, 3.05) is 23.3 Å². The highest BCUT2D eigenvalue weighted by Gasteiger charge is 2.42. The van der Waals surface area contributed by atoms with Crippen molar-refractivity contribution < 1.29 is 18.0 Å². The van der Waals surface area contributed by atoms with Crippen molar-refractivity contribution in [1.29, 1.82) is 0 Å². The standard InChI is InChI=1S/C24H25Cl3F3N5O/c1-3-20(36)31-11-13-6-7-15(25)22(21(13)27)33-23-32-17-9-16(26)18(10-19(17)34(23)2)35-8-4-5-14(12-35)24(28,29)30/h6-7,9-10,14H,3-5,8,11-12H2,1-2H3,(H,31,36)(H,32,33). The zero-order valence-corrected chi connectivity index (χ0v) is 21.9. The number of alkyl halides is 3. The number of carbonyl (C=O) groups excluding carboxylic acids is 1. The van der Waals surface area contributed by atoms with E-state index in [1.165, 1.54) is 0 Å². The fraction of sp³-hybridized carbons (Fsp3) is 0.417. The average molecular weight is 563 g/mol. The fourth-order valence-corrected chi connectivity index (χ4v) is 5.11. The molecule has 1 unspecified atom stereocenters. The Bertz CT molecular complexity index is 1290. The first kappa shape index (κ1) is 26.7. The summed E-state index contributed by atoms with van der Waals surface area (Å²) in [5.41, 5.74) is 2.90. The maximum absolute atomic E-state index is 13.3. The number of fused-ring (bicyclic) bond motifs is 1. The number of rotatable bonds is 6. The zero-order valence-electron chi connectivity index (χ0n) is 19.6. The molecule has 194 valence electrons. The second-order valence-electron chi connectivity index (χ2n) is 8.76. The topological polar surface area (TPSA) is 62.2 Å². The van der Waals surface area contributed by atoms with E-state index in [0.29, 0.717) is 68.4 Å². The molecule has 1 atom stereocenters. The number of aromatic nitrogens is 2. The molecule has 1 aliphatic heterocycles. The van der Waals surface area contributed by atoms with Gasteiger partial charge in [0.15, 0.2) is 0 Å². The summed E-state index contributed by atoms with van der Waals surface area (Å²) in [5.74, 6) is -1.07. The Kier molecular flexibility index (Phi) is 7.83. The van der Waals surface area contributed by atoms with E-state index in [1.807, 2.05) is 0 Å². The Morgan fingerprint density at radius 1 is 1.19 bits per heavy atom. The number of benzene rings is 2. The smallest absolute Gasteiger partial charge is 0.370 e. The Hall–Kier alpha value is -2.36. The van der Waals surface area contributed by atoms with E-state index < -0.39 is 12.1 Å². The molecule has 3 aromatic rings. The number of carbonyl (C=O) groups is 1. The highest BCUT2D eigenvalue weighted by molar-refractivity contribution is 6.39. The van der Waals surface area contributed by atoms with Crippen molar-refractivity contribution in [2.24, 2.45) is 13.0 Å². The van der Waals surface area contributed by atoms with E-state index >= 15 is 0 Å². The lowest BCUT2D eigenvalue weighted by molar-refractivity contribution is -0.176. The predicted molar refractivity (Wildman–Crippen MR) is 139 cm³/mol. The van der Waals surface area contributed by atoms with E-state index in [4.69, 9.17) is 34.8 Å². The van der Waals surface area contributed by atoms with E-state index in [1.54, 1.807) is 47.7 Å². The van der Waals surface area contributed by atoms with Crippen molar-refractivity contribution in [1.82, 2.24) is 14.9 Å². The molecule has 12 heteroatoms. The quantitative estimate of drug-likeness (QED) is 0.337. The van der Waals surface area contributed by atoms with Crippen molar-refractivity contribution in [3.05, 3.63) is 44.9 Å². The number of aryl methyl sites for hydroxylation is 1. The third kappa shape index (κ3) is 5.48. The van der Waals surface area contributed by atoms with Crippen LogP contribution in [0.5, 0.6) is 0 Å². The molecule has 1 saturated heterocycles. The molecule has 0 spiro atoms. The zero-order chi connectivity index (χ0) is 26.2. The fourth-order valence-electron chi connectivity index (χ4n) is 4.30. The van der Waals surface area contributed by atoms with Crippen LogP contribution in [0, 0.1) is 5.92 Å². The number of hydrogen-bond donors (Lipinski definition) is 2. The van der Waals surface area contributed by atoms with Crippen LogP contribution < -0.4 is 15.5 Å². The summed E-state index contributed by atoms with van der Waals surface area (Å²) in [6.45, 7) is 2.36. The summed E-state index contributed by atoms with van der Waals surface area (Å²) in [7, 11) is 1.78. The summed E-state index contributed by atoms with van der Waals surface area (Å²) < 4.78 is 41.8. The number of anilines is 3. The van der Waals surface area contributed by atoms with Gasteiger partial charge in [-0.25, -0.2) is 4.98 Å². The van der Waals surface area contributed by atoms with Crippen molar-refractivity contribution in [3.63, 3.8) is 0 Å². The van der Waals surface area contributed by atoms with Crippen molar-refractivity contribution in [3.8, 4) is 0 Å². The largest absolute Gasteiger partial charge is 0.393 e. The molecule has 2 N–H and O–H groups in total. The van der Waals surface area contributed by atoms with Gasteiger partial charge in [0, 0.05) is 33.1 Å². The van der Waals surface area contributed by atoms with Gasteiger partial charge in [0.05, 0.1) is 43.4 Å². The van der Waals surface area contributed by atoms with Gasteiger partial charge in [-0.05, 0) is 36.6 Å². The lowest BCUT2D eigenvalue weighted by Crippen LogP contribution is -2.41. The molecule has 1 aliphatic rings.